The van der Waals surface area contributed by atoms with Crippen LogP contribution in [0.4, 0.5) is 21.7 Å². The lowest BCUT2D eigenvalue weighted by molar-refractivity contribution is -0.387. The molecule has 0 bridgehead atoms. The predicted octanol–water partition coefficient (Wildman–Crippen LogP) is 4.37. The fourth-order valence-corrected chi connectivity index (χ4v) is 4.34. The summed E-state index contributed by atoms with van der Waals surface area (Å²) in [4.78, 5) is 19.2. The molecule has 32 heavy (non-hydrogen) atoms. The van der Waals surface area contributed by atoms with Gasteiger partial charge in [-0.3, -0.25) is 14.7 Å². The number of aryl methyl sites for hydroxylation is 1. The summed E-state index contributed by atoms with van der Waals surface area (Å²) in [5.41, 5.74) is 3.47. The fourth-order valence-electron chi connectivity index (χ4n) is 4.34. The number of nitro groups is 1. The number of rotatable bonds is 4. The molecule has 2 aromatic carbocycles. The number of aliphatic hydroxyl groups is 1. The first kappa shape index (κ1) is 20.1. The minimum Gasteiger partial charge on any atom is -0.393 e. The van der Waals surface area contributed by atoms with Gasteiger partial charge in [-0.05, 0) is 49.1 Å². The Hall–Kier alpha value is -3.85. The van der Waals surface area contributed by atoms with Crippen LogP contribution in [-0.2, 0) is 12.8 Å². The molecule has 2 N–H and O–H groups in total. The number of nitrogens with zero attached hydrogens (tertiary/aromatic N) is 4. The minimum absolute atomic E-state index is 0.244. The van der Waals surface area contributed by atoms with Crippen LogP contribution in [0, 0.1) is 22.9 Å². The highest BCUT2D eigenvalue weighted by atomic mass is 19.1. The molecular weight excluding hydrogens is 413 g/mol. The molecule has 1 aliphatic carbocycles. The molecule has 0 aliphatic heterocycles. The van der Waals surface area contributed by atoms with Crippen LogP contribution in [0.5, 0.6) is 0 Å². The first-order valence-electron chi connectivity index (χ1n) is 10.3. The van der Waals surface area contributed by atoms with E-state index in [4.69, 9.17) is 0 Å². The zero-order chi connectivity index (χ0) is 22.4. The summed E-state index contributed by atoms with van der Waals surface area (Å²) in [6.07, 6.45) is 3.24. The van der Waals surface area contributed by atoms with Gasteiger partial charge in [0.25, 0.3) is 0 Å². The van der Waals surface area contributed by atoms with Crippen LogP contribution in [0.1, 0.15) is 23.2 Å². The number of halogens is 1. The van der Waals surface area contributed by atoms with Gasteiger partial charge in [-0.15, -0.1) is 0 Å². The molecule has 2 heterocycles. The van der Waals surface area contributed by atoms with Crippen LogP contribution in [0.15, 0.2) is 48.7 Å². The molecule has 0 amide bonds. The summed E-state index contributed by atoms with van der Waals surface area (Å²) in [5, 5.41) is 25.4. The first-order chi connectivity index (χ1) is 15.4. The number of fused-ring (bicyclic) bond motifs is 3. The zero-order valence-corrected chi connectivity index (χ0v) is 17.2. The van der Waals surface area contributed by atoms with Gasteiger partial charge in [0.15, 0.2) is 0 Å². The Morgan fingerprint density at radius 1 is 1.28 bits per heavy atom. The Kier molecular flexibility index (Phi) is 4.82. The molecule has 0 saturated heterocycles. The number of nitro benzene ring substituents is 1. The lowest BCUT2D eigenvalue weighted by Crippen LogP contribution is -2.19. The molecule has 0 saturated carbocycles. The van der Waals surface area contributed by atoms with Crippen LogP contribution in [-0.4, -0.2) is 30.7 Å². The number of para-hydroxylation sites is 1. The Labute approximate surface area is 182 Å². The number of hydrogen-bond donors (Lipinski definition) is 2. The maximum Gasteiger partial charge on any atom is 0.306 e. The zero-order valence-electron chi connectivity index (χ0n) is 17.2. The number of aromatic nitrogens is 3. The summed E-state index contributed by atoms with van der Waals surface area (Å²) in [7, 11) is 0. The van der Waals surface area contributed by atoms with Crippen LogP contribution in [0.3, 0.4) is 0 Å². The largest absolute Gasteiger partial charge is 0.393 e. The molecule has 4 aromatic rings. The van der Waals surface area contributed by atoms with E-state index in [1.54, 1.807) is 19.2 Å². The van der Waals surface area contributed by atoms with E-state index in [9.17, 15) is 19.6 Å². The van der Waals surface area contributed by atoms with E-state index in [0.29, 0.717) is 29.9 Å². The van der Waals surface area contributed by atoms with Gasteiger partial charge in [0.05, 0.1) is 22.2 Å². The Morgan fingerprint density at radius 2 is 2.09 bits per heavy atom. The summed E-state index contributed by atoms with van der Waals surface area (Å²) >= 11 is 0. The molecular formula is C23H20FN5O3. The van der Waals surface area contributed by atoms with E-state index in [0.717, 1.165) is 40.7 Å². The third-order valence-electron chi connectivity index (χ3n) is 5.85. The molecule has 0 radical (unpaired) electrons. The molecule has 0 fully saturated rings. The van der Waals surface area contributed by atoms with Gasteiger partial charge < -0.3 is 10.4 Å². The topological polar surface area (TPSA) is 106 Å². The van der Waals surface area contributed by atoms with Gasteiger partial charge in [0.1, 0.15) is 5.82 Å². The lowest BCUT2D eigenvalue weighted by Gasteiger charge is -2.20. The van der Waals surface area contributed by atoms with Crippen LogP contribution < -0.4 is 5.32 Å². The average Bonchev–Trinajstić information content (AvgIpc) is 3.09. The van der Waals surface area contributed by atoms with Crippen molar-refractivity contribution >= 4 is 28.2 Å². The van der Waals surface area contributed by atoms with Crippen molar-refractivity contribution in [3.63, 3.8) is 0 Å². The van der Waals surface area contributed by atoms with E-state index in [1.165, 1.54) is 0 Å². The van der Waals surface area contributed by atoms with Gasteiger partial charge in [0.2, 0.25) is 11.8 Å². The van der Waals surface area contributed by atoms with Crippen molar-refractivity contribution in [1.29, 1.82) is 0 Å². The smallest absolute Gasteiger partial charge is 0.306 e. The van der Waals surface area contributed by atoms with E-state index in [-0.39, 0.29) is 12.1 Å². The number of benzene rings is 2. The summed E-state index contributed by atoms with van der Waals surface area (Å²) < 4.78 is 16.0. The second-order valence-corrected chi connectivity index (χ2v) is 7.91. The third-order valence-corrected chi connectivity index (χ3v) is 5.85. The minimum atomic E-state index is -0.889. The van der Waals surface area contributed by atoms with Crippen molar-refractivity contribution < 1.29 is 14.4 Å². The summed E-state index contributed by atoms with van der Waals surface area (Å²) in [5.74, 6) is -0.000156. The molecule has 5 rings (SSSR count). The molecule has 1 atom stereocenters. The number of nitrogens with one attached hydrogen (secondary N) is 1. The van der Waals surface area contributed by atoms with Crippen LogP contribution in [0.2, 0.25) is 0 Å². The number of anilines is 2. The molecule has 1 unspecified atom stereocenters. The van der Waals surface area contributed by atoms with Gasteiger partial charge in [-0.1, -0.05) is 18.2 Å². The van der Waals surface area contributed by atoms with Crippen molar-refractivity contribution in [2.45, 2.75) is 32.3 Å². The van der Waals surface area contributed by atoms with Crippen molar-refractivity contribution in [3.05, 3.63) is 81.4 Å². The van der Waals surface area contributed by atoms with Crippen molar-refractivity contribution in [2.75, 3.05) is 5.32 Å². The molecule has 9 heteroatoms. The Bertz CT molecular complexity index is 1370. The summed E-state index contributed by atoms with van der Waals surface area (Å²) in [6, 6.07) is 12.1. The van der Waals surface area contributed by atoms with E-state index in [2.05, 4.69) is 19.9 Å². The Morgan fingerprint density at radius 3 is 2.91 bits per heavy atom. The maximum atomic E-state index is 13.9. The SMILES string of the molecule is Cc1cc(F)c([N+](=O)[O-])cc1Nc1nccc(-n2c3c(c4ccccc42)CC(O)CC3)n1. The lowest BCUT2D eigenvalue weighted by atomic mass is 9.93. The molecule has 162 valence electrons. The maximum absolute atomic E-state index is 13.9. The average molecular weight is 433 g/mol. The Balaban J connectivity index is 1.59. The van der Waals surface area contributed by atoms with Crippen LogP contribution in [0.25, 0.3) is 16.7 Å². The van der Waals surface area contributed by atoms with Crippen molar-refractivity contribution in [2.24, 2.45) is 0 Å². The molecule has 1 aliphatic rings. The van der Waals surface area contributed by atoms with Gasteiger partial charge >= 0.3 is 5.69 Å². The highest BCUT2D eigenvalue weighted by Crippen LogP contribution is 2.34. The van der Waals surface area contributed by atoms with E-state index < -0.39 is 16.4 Å². The fraction of sp³-hybridized carbons (Fsp3) is 0.217. The predicted molar refractivity (Wildman–Crippen MR) is 118 cm³/mol. The second-order valence-electron chi connectivity index (χ2n) is 7.91. The van der Waals surface area contributed by atoms with E-state index >= 15 is 0 Å². The van der Waals surface area contributed by atoms with Gasteiger partial charge in [-0.2, -0.15) is 9.37 Å². The monoisotopic (exact) mass is 433 g/mol. The molecule has 2 aromatic heterocycles. The number of aliphatic hydroxyl groups excluding tert-OH is 1. The van der Waals surface area contributed by atoms with Crippen LogP contribution >= 0.6 is 0 Å². The second kappa shape index (κ2) is 7.69. The van der Waals surface area contributed by atoms with Gasteiger partial charge in [0, 0.05) is 29.8 Å². The highest BCUT2D eigenvalue weighted by molar-refractivity contribution is 5.87. The van der Waals surface area contributed by atoms with Crippen molar-refractivity contribution in [3.8, 4) is 5.82 Å². The number of hydrogen-bond acceptors (Lipinski definition) is 6. The quantitative estimate of drug-likeness (QED) is 0.366. The third kappa shape index (κ3) is 3.36. The molecule has 8 nitrogen and oxygen atoms in total. The van der Waals surface area contributed by atoms with Gasteiger partial charge in [-0.25, -0.2) is 4.98 Å². The van der Waals surface area contributed by atoms with Crippen molar-refractivity contribution in [1.82, 2.24) is 14.5 Å². The van der Waals surface area contributed by atoms with E-state index in [1.807, 2.05) is 24.3 Å². The highest BCUT2D eigenvalue weighted by Gasteiger charge is 2.25. The molecule has 0 spiro atoms. The first-order valence-corrected chi connectivity index (χ1v) is 10.3. The normalized spacial score (nSPS) is 15.5. The summed E-state index contributed by atoms with van der Waals surface area (Å²) in [6.45, 7) is 1.65. The standard InChI is InChI=1S/C23H20FN5O3/c1-13-10-17(24)21(29(31)32)12-18(13)26-23-25-9-8-22(27-23)28-19-5-3-2-4-15(19)16-11-14(30)6-7-20(16)28/h2-5,8-10,12,14,30H,6-7,11H2,1H3,(H,25,26,27).